The van der Waals surface area contributed by atoms with Crippen molar-refractivity contribution in [2.24, 2.45) is 0 Å². The molecule has 2 nitrogen and oxygen atoms in total. The highest BCUT2D eigenvalue weighted by Gasteiger charge is 2.18. The second kappa shape index (κ2) is 6.77. The van der Waals surface area contributed by atoms with Crippen LogP contribution in [0.5, 0.6) is 0 Å². The Morgan fingerprint density at radius 1 is 1.05 bits per heavy atom. The van der Waals surface area contributed by atoms with Gasteiger partial charge < -0.3 is 0 Å². The fourth-order valence-electron chi connectivity index (χ4n) is 2.17. The van der Waals surface area contributed by atoms with Gasteiger partial charge in [-0.05, 0) is 18.4 Å². The third-order valence-electron chi connectivity index (χ3n) is 3.16. The highest BCUT2D eigenvalue weighted by Crippen LogP contribution is 2.38. The lowest BCUT2D eigenvalue weighted by Crippen LogP contribution is -1.92. The molecule has 1 fully saturated rings. The van der Waals surface area contributed by atoms with E-state index >= 15 is 0 Å². The van der Waals surface area contributed by atoms with Crippen molar-refractivity contribution in [3.05, 3.63) is 35.9 Å². The number of aromatic nitrogens is 2. The van der Waals surface area contributed by atoms with Crippen LogP contribution in [0.25, 0.3) is 0 Å². The maximum Gasteiger partial charge on any atom is 0.175 e. The summed E-state index contributed by atoms with van der Waals surface area (Å²) in [5.41, 5.74) is 1.34. The lowest BCUT2D eigenvalue weighted by molar-refractivity contribution is 0.886. The summed E-state index contributed by atoms with van der Waals surface area (Å²) in [6.45, 7) is 0. The first-order valence-corrected chi connectivity index (χ1v) is 9.25. The fourth-order valence-corrected chi connectivity index (χ4v) is 5.65. The predicted octanol–water partition coefficient (Wildman–Crippen LogP) is 4.87. The molecule has 3 rings (SSSR count). The van der Waals surface area contributed by atoms with Gasteiger partial charge in [0.25, 0.3) is 0 Å². The molecular formula is C14H16N2S3. The molecule has 0 bridgehead atoms. The van der Waals surface area contributed by atoms with E-state index in [0.29, 0.717) is 0 Å². The quantitative estimate of drug-likeness (QED) is 0.736. The van der Waals surface area contributed by atoms with E-state index in [2.05, 4.69) is 40.5 Å². The molecule has 0 amide bonds. The third-order valence-corrected chi connectivity index (χ3v) is 6.71. The average molecular weight is 308 g/mol. The van der Waals surface area contributed by atoms with E-state index in [9.17, 15) is 0 Å². The van der Waals surface area contributed by atoms with Crippen LogP contribution in [0.4, 0.5) is 0 Å². The molecule has 0 N–H and O–H groups in total. The Morgan fingerprint density at radius 3 is 2.58 bits per heavy atom. The molecule has 1 aliphatic carbocycles. The van der Waals surface area contributed by atoms with Crippen molar-refractivity contribution in [3.8, 4) is 0 Å². The molecule has 1 aliphatic rings. The van der Waals surface area contributed by atoms with Crippen molar-refractivity contribution in [1.82, 2.24) is 10.2 Å². The lowest BCUT2D eigenvalue weighted by Gasteiger charge is -2.03. The van der Waals surface area contributed by atoms with Gasteiger partial charge in [-0.15, -0.1) is 10.2 Å². The minimum atomic E-state index is 0.778. The van der Waals surface area contributed by atoms with Crippen molar-refractivity contribution < 1.29 is 0 Å². The molecule has 0 radical (unpaired) electrons. The van der Waals surface area contributed by atoms with E-state index in [1.165, 1.54) is 31.2 Å². The zero-order chi connectivity index (χ0) is 12.9. The molecule has 1 saturated carbocycles. The Labute approximate surface area is 126 Å². The first-order valence-electron chi connectivity index (χ1n) is 6.57. The van der Waals surface area contributed by atoms with Crippen LogP contribution >= 0.6 is 34.9 Å². The second-order valence-corrected chi connectivity index (χ2v) is 8.38. The van der Waals surface area contributed by atoms with Crippen molar-refractivity contribution >= 4 is 34.9 Å². The SMILES string of the molecule is c1ccc(CSc2nnc(SC3CCCC3)s2)cc1. The summed E-state index contributed by atoms with van der Waals surface area (Å²) in [6.07, 6.45) is 5.45. The van der Waals surface area contributed by atoms with Gasteiger partial charge in [0.15, 0.2) is 8.68 Å². The van der Waals surface area contributed by atoms with Gasteiger partial charge >= 0.3 is 0 Å². The van der Waals surface area contributed by atoms with Crippen molar-refractivity contribution in [3.63, 3.8) is 0 Å². The van der Waals surface area contributed by atoms with E-state index < -0.39 is 0 Å². The van der Waals surface area contributed by atoms with Crippen LogP contribution < -0.4 is 0 Å². The van der Waals surface area contributed by atoms with Crippen LogP contribution in [0.3, 0.4) is 0 Å². The fraction of sp³-hybridized carbons (Fsp3) is 0.429. The number of rotatable bonds is 5. The van der Waals surface area contributed by atoms with Crippen LogP contribution in [0.15, 0.2) is 39.0 Å². The lowest BCUT2D eigenvalue weighted by atomic mass is 10.2. The first kappa shape index (κ1) is 13.5. The topological polar surface area (TPSA) is 25.8 Å². The molecule has 5 heteroatoms. The minimum Gasteiger partial charge on any atom is -0.131 e. The van der Waals surface area contributed by atoms with Crippen molar-refractivity contribution in [2.45, 2.75) is 45.4 Å². The van der Waals surface area contributed by atoms with Gasteiger partial charge in [-0.25, -0.2) is 0 Å². The zero-order valence-corrected chi connectivity index (χ0v) is 13.1. The number of thioether (sulfide) groups is 2. The number of nitrogens with zero attached hydrogens (tertiary/aromatic N) is 2. The summed E-state index contributed by atoms with van der Waals surface area (Å²) in [4.78, 5) is 0. The summed E-state index contributed by atoms with van der Waals surface area (Å²) >= 11 is 5.45. The molecule has 0 spiro atoms. The molecule has 2 aromatic rings. The Morgan fingerprint density at radius 2 is 1.79 bits per heavy atom. The van der Waals surface area contributed by atoms with Gasteiger partial charge in [-0.2, -0.15) is 0 Å². The third kappa shape index (κ3) is 3.97. The van der Waals surface area contributed by atoms with Crippen LogP contribution in [0.2, 0.25) is 0 Å². The van der Waals surface area contributed by atoms with E-state index in [1.807, 2.05) is 11.8 Å². The van der Waals surface area contributed by atoms with Crippen LogP contribution in [-0.4, -0.2) is 15.4 Å². The summed E-state index contributed by atoms with van der Waals surface area (Å²) in [5.74, 6) is 0.976. The zero-order valence-electron chi connectivity index (χ0n) is 10.6. The normalized spacial score (nSPS) is 16.0. The molecule has 1 aromatic heterocycles. The molecule has 1 heterocycles. The molecular weight excluding hydrogens is 292 g/mol. The largest absolute Gasteiger partial charge is 0.175 e. The number of hydrogen-bond donors (Lipinski definition) is 0. The van der Waals surface area contributed by atoms with E-state index in [4.69, 9.17) is 0 Å². The van der Waals surface area contributed by atoms with Crippen LogP contribution in [-0.2, 0) is 5.75 Å². The molecule has 0 atom stereocenters. The predicted molar refractivity (Wildman–Crippen MR) is 84.0 cm³/mol. The van der Waals surface area contributed by atoms with Crippen LogP contribution in [0, 0.1) is 0 Å². The number of hydrogen-bond acceptors (Lipinski definition) is 5. The maximum absolute atomic E-state index is 4.30. The maximum atomic E-state index is 4.30. The summed E-state index contributed by atoms with van der Waals surface area (Å²) in [5, 5.41) is 9.36. The highest BCUT2D eigenvalue weighted by atomic mass is 32.2. The van der Waals surface area contributed by atoms with Gasteiger partial charge in [0.2, 0.25) is 0 Å². The van der Waals surface area contributed by atoms with Crippen molar-refractivity contribution in [1.29, 1.82) is 0 Å². The van der Waals surface area contributed by atoms with Crippen LogP contribution in [0.1, 0.15) is 31.2 Å². The van der Waals surface area contributed by atoms with Gasteiger partial charge in [-0.1, -0.05) is 78.0 Å². The monoisotopic (exact) mass is 308 g/mol. The van der Waals surface area contributed by atoms with Gasteiger partial charge in [0.05, 0.1) is 0 Å². The summed E-state index contributed by atoms with van der Waals surface area (Å²) in [7, 11) is 0. The molecule has 0 unspecified atom stereocenters. The van der Waals surface area contributed by atoms with Crippen molar-refractivity contribution in [2.75, 3.05) is 0 Å². The average Bonchev–Trinajstić information content (AvgIpc) is 3.10. The number of benzene rings is 1. The Hall–Kier alpha value is -0.520. The Bertz CT molecular complexity index is 506. The van der Waals surface area contributed by atoms with Gasteiger partial charge in [0, 0.05) is 11.0 Å². The molecule has 19 heavy (non-hydrogen) atoms. The molecule has 0 aliphatic heterocycles. The van der Waals surface area contributed by atoms with E-state index in [1.54, 1.807) is 23.1 Å². The molecule has 0 saturated heterocycles. The Kier molecular flexibility index (Phi) is 4.80. The molecule has 100 valence electrons. The second-order valence-electron chi connectivity index (χ2n) is 4.63. The highest BCUT2D eigenvalue weighted by molar-refractivity contribution is 8.03. The smallest absolute Gasteiger partial charge is 0.131 e. The van der Waals surface area contributed by atoms with Gasteiger partial charge in [0.1, 0.15) is 0 Å². The summed E-state index contributed by atoms with van der Waals surface area (Å²) < 4.78 is 2.23. The van der Waals surface area contributed by atoms with E-state index in [-0.39, 0.29) is 0 Å². The molecule has 1 aromatic carbocycles. The summed E-state index contributed by atoms with van der Waals surface area (Å²) in [6, 6.07) is 10.5. The standard InChI is InChI=1S/C14H16N2S3/c1-2-6-11(7-3-1)10-17-13-15-16-14(19-13)18-12-8-4-5-9-12/h1-3,6-7,12H,4-5,8-10H2. The minimum absolute atomic E-state index is 0.778. The van der Waals surface area contributed by atoms with E-state index in [0.717, 1.165) is 19.7 Å². The van der Waals surface area contributed by atoms with Gasteiger partial charge in [-0.3, -0.25) is 0 Å². The Balaban J connectivity index is 1.53. The first-order chi connectivity index (χ1) is 9.40.